The van der Waals surface area contributed by atoms with Crippen molar-refractivity contribution in [3.05, 3.63) is 70.4 Å². The van der Waals surface area contributed by atoms with E-state index < -0.39 is 0 Å². The number of rotatable bonds is 5. The number of fused-ring (bicyclic) bond motifs is 1. The van der Waals surface area contributed by atoms with E-state index in [0.29, 0.717) is 41.9 Å². The minimum Gasteiger partial charge on any atom is -0.489 e. The number of ether oxygens (including phenoxy) is 3. The Morgan fingerprint density at radius 1 is 1.04 bits per heavy atom. The Labute approximate surface area is 155 Å². The molecule has 1 aromatic heterocycles. The predicted octanol–water partition coefficient (Wildman–Crippen LogP) is 4.35. The average molecular weight is 367 g/mol. The molecule has 1 N–H and O–H groups in total. The van der Waals surface area contributed by atoms with Crippen molar-refractivity contribution < 1.29 is 19.0 Å². The minimum absolute atomic E-state index is 0.155. The van der Waals surface area contributed by atoms with Crippen LogP contribution in [0, 0.1) is 0 Å². The van der Waals surface area contributed by atoms with Gasteiger partial charge in [-0.1, -0.05) is 18.2 Å². The van der Waals surface area contributed by atoms with Crippen LogP contribution >= 0.6 is 11.3 Å². The topological polar surface area (TPSA) is 56.8 Å². The Morgan fingerprint density at radius 3 is 2.69 bits per heavy atom. The maximum atomic E-state index is 12.5. The smallest absolute Gasteiger partial charge is 0.265 e. The predicted molar refractivity (Wildman–Crippen MR) is 100 cm³/mol. The van der Waals surface area contributed by atoms with E-state index in [2.05, 4.69) is 5.32 Å². The van der Waals surface area contributed by atoms with Crippen molar-refractivity contribution in [2.45, 2.75) is 6.61 Å². The van der Waals surface area contributed by atoms with Crippen LogP contribution in [-0.2, 0) is 6.61 Å². The van der Waals surface area contributed by atoms with E-state index in [1.165, 1.54) is 11.3 Å². The fourth-order valence-electron chi connectivity index (χ4n) is 2.57. The Balaban J connectivity index is 1.38. The fourth-order valence-corrected chi connectivity index (χ4v) is 3.36. The average Bonchev–Trinajstić information content (AvgIpc) is 3.16. The van der Waals surface area contributed by atoms with Crippen molar-refractivity contribution in [3.63, 3.8) is 0 Å². The summed E-state index contributed by atoms with van der Waals surface area (Å²) in [6.45, 7) is 1.49. The summed E-state index contributed by atoms with van der Waals surface area (Å²) in [5, 5.41) is 4.82. The maximum Gasteiger partial charge on any atom is 0.265 e. The van der Waals surface area contributed by atoms with Gasteiger partial charge in [0.2, 0.25) is 0 Å². The zero-order valence-corrected chi connectivity index (χ0v) is 14.8. The molecule has 3 aromatic rings. The van der Waals surface area contributed by atoms with Crippen LogP contribution in [0.3, 0.4) is 0 Å². The lowest BCUT2D eigenvalue weighted by atomic mass is 10.2. The van der Waals surface area contributed by atoms with Gasteiger partial charge in [0.1, 0.15) is 25.6 Å². The third-order valence-electron chi connectivity index (χ3n) is 3.83. The van der Waals surface area contributed by atoms with Crippen molar-refractivity contribution in [2.75, 3.05) is 18.5 Å². The number of benzene rings is 2. The Bertz CT molecular complexity index is 907. The zero-order chi connectivity index (χ0) is 17.8. The van der Waals surface area contributed by atoms with Crippen LogP contribution in [0.1, 0.15) is 15.2 Å². The second-order valence-corrected chi connectivity index (χ2v) is 6.64. The van der Waals surface area contributed by atoms with E-state index in [-0.39, 0.29) is 5.91 Å². The second kappa shape index (κ2) is 7.49. The molecule has 2 aromatic carbocycles. The van der Waals surface area contributed by atoms with Gasteiger partial charge < -0.3 is 19.5 Å². The monoisotopic (exact) mass is 367 g/mol. The van der Waals surface area contributed by atoms with Gasteiger partial charge in [-0.3, -0.25) is 4.79 Å². The van der Waals surface area contributed by atoms with Gasteiger partial charge in [0.05, 0.1) is 4.88 Å². The van der Waals surface area contributed by atoms with Crippen LogP contribution < -0.4 is 19.5 Å². The third kappa shape index (κ3) is 3.81. The first-order valence-corrected chi connectivity index (χ1v) is 9.12. The summed E-state index contributed by atoms with van der Waals surface area (Å²) in [5.74, 6) is 2.00. The van der Waals surface area contributed by atoms with Gasteiger partial charge >= 0.3 is 0 Å². The number of carbonyl (C=O) groups excluding carboxylic acids is 1. The van der Waals surface area contributed by atoms with E-state index in [1.807, 2.05) is 41.8 Å². The number of para-hydroxylation sites is 1. The highest BCUT2D eigenvalue weighted by Gasteiger charge is 2.14. The number of carbonyl (C=O) groups is 1. The fraction of sp³-hybridized carbons (Fsp3) is 0.150. The van der Waals surface area contributed by atoms with Gasteiger partial charge in [-0.2, -0.15) is 0 Å². The van der Waals surface area contributed by atoms with Crippen molar-refractivity contribution in [3.8, 4) is 17.2 Å². The number of nitrogens with one attached hydrogen (secondary N) is 1. The highest BCUT2D eigenvalue weighted by molar-refractivity contribution is 7.12. The molecule has 132 valence electrons. The van der Waals surface area contributed by atoms with Gasteiger partial charge in [0.25, 0.3) is 5.91 Å². The Hall–Kier alpha value is -2.99. The van der Waals surface area contributed by atoms with Crippen molar-refractivity contribution >= 4 is 22.9 Å². The molecule has 1 amide bonds. The summed E-state index contributed by atoms with van der Waals surface area (Å²) in [4.78, 5) is 13.1. The maximum absolute atomic E-state index is 12.5. The Kier molecular flexibility index (Phi) is 4.75. The molecule has 6 heteroatoms. The zero-order valence-electron chi connectivity index (χ0n) is 13.9. The lowest BCUT2D eigenvalue weighted by Crippen LogP contribution is -2.16. The number of hydrogen-bond donors (Lipinski definition) is 1. The Morgan fingerprint density at radius 2 is 1.85 bits per heavy atom. The van der Waals surface area contributed by atoms with Gasteiger partial charge in [-0.15, -0.1) is 11.3 Å². The molecule has 4 rings (SSSR count). The lowest BCUT2D eigenvalue weighted by Gasteiger charge is -2.18. The molecule has 0 aliphatic carbocycles. The SMILES string of the molecule is O=C(Nc1ccc2c(c1)OCCO2)c1cc(COc2ccccc2)cs1. The second-order valence-electron chi connectivity index (χ2n) is 5.73. The molecule has 1 aliphatic rings. The minimum atomic E-state index is -0.155. The lowest BCUT2D eigenvalue weighted by molar-refractivity contribution is 0.103. The van der Waals surface area contributed by atoms with Crippen molar-refractivity contribution in [1.29, 1.82) is 0 Å². The summed E-state index contributed by atoms with van der Waals surface area (Å²) in [5.41, 5.74) is 1.64. The van der Waals surface area contributed by atoms with Gasteiger partial charge in [0, 0.05) is 17.3 Å². The molecule has 5 nitrogen and oxygen atoms in total. The molecule has 0 atom stereocenters. The molecule has 0 saturated carbocycles. The molecule has 0 fully saturated rings. The van der Waals surface area contributed by atoms with Gasteiger partial charge in [0.15, 0.2) is 11.5 Å². The molecule has 2 heterocycles. The van der Waals surface area contributed by atoms with E-state index >= 15 is 0 Å². The summed E-state index contributed by atoms with van der Waals surface area (Å²) in [7, 11) is 0. The molecule has 0 spiro atoms. The van der Waals surface area contributed by atoms with Gasteiger partial charge in [-0.05, 0) is 35.7 Å². The summed E-state index contributed by atoms with van der Waals surface area (Å²) in [6.07, 6.45) is 0. The van der Waals surface area contributed by atoms with Crippen LogP contribution in [0.2, 0.25) is 0 Å². The summed E-state index contributed by atoms with van der Waals surface area (Å²) < 4.78 is 16.7. The molecule has 0 unspecified atom stereocenters. The van der Waals surface area contributed by atoms with E-state index in [0.717, 1.165) is 11.3 Å². The van der Waals surface area contributed by atoms with Crippen molar-refractivity contribution in [1.82, 2.24) is 0 Å². The van der Waals surface area contributed by atoms with Gasteiger partial charge in [-0.25, -0.2) is 0 Å². The molecular weight excluding hydrogens is 350 g/mol. The normalized spacial score (nSPS) is 12.5. The summed E-state index contributed by atoms with van der Waals surface area (Å²) >= 11 is 1.39. The standard InChI is InChI=1S/C20H17NO4S/c22-20(21-15-6-7-17-18(11-15)24-9-8-23-17)19-10-14(13-26-19)12-25-16-4-2-1-3-5-16/h1-7,10-11,13H,8-9,12H2,(H,21,22). The van der Waals surface area contributed by atoms with E-state index in [9.17, 15) is 4.79 Å². The first-order chi connectivity index (χ1) is 12.8. The molecule has 0 saturated heterocycles. The molecule has 0 radical (unpaired) electrons. The van der Waals surface area contributed by atoms with Crippen LogP contribution in [0.25, 0.3) is 0 Å². The highest BCUT2D eigenvalue weighted by atomic mass is 32.1. The number of anilines is 1. The van der Waals surface area contributed by atoms with Crippen LogP contribution in [0.5, 0.6) is 17.2 Å². The first-order valence-electron chi connectivity index (χ1n) is 8.24. The van der Waals surface area contributed by atoms with E-state index in [1.54, 1.807) is 18.2 Å². The highest BCUT2D eigenvalue weighted by Crippen LogP contribution is 2.32. The quantitative estimate of drug-likeness (QED) is 0.728. The van der Waals surface area contributed by atoms with Crippen LogP contribution in [-0.4, -0.2) is 19.1 Å². The molecule has 26 heavy (non-hydrogen) atoms. The number of amides is 1. The van der Waals surface area contributed by atoms with Crippen molar-refractivity contribution in [2.24, 2.45) is 0 Å². The largest absolute Gasteiger partial charge is 0.489 e. The molecule has 1 aliphatic heterocycles. The third-order valence-corrected chi connectivity index (χ3v) is 4.80. The van der Waals surface area contributed by atoms with Crippen LogP contribution in [0.4, 0.5) is 5.69 Å². The van der Waals surface area contributed by atoms with E-state index in [4.69, 9.17) is 14.2 Å². The number of thiophene rings is 1. The summed E-state index contributed by atoms with van der Waals surface area (Å²) in [6, 6.07) is 16.8. The number of hydrogen-bond acceptors (Lipinski definition) is 5. The first kappa shape index (κ1) is 16.5. The molecular formula is C20H17NO4S. The molecule has 0 bridgehead atoms. The van der Waals surface area contributed by atoms with Crippen LogP contribution in [0.15, 0.2) is 60.0 Å².